The molecule has 0 aromatic heterocycles. The van der Waals surface area contributed by atoms with Crippen LogP contribution in [0.15, 0.2) is 22.7 Å². The predicted molar refractivity (Wildman–Crippen MR) is 61.0 cm³/mol. The van der Waals surface area contributed by atoms with Gasteiger partial charge in [0.15, 0.2) is 0 Å². The highest BCUT2D eigenvalue weighted by atomic mass is 79.9. The molecule has 1 N–H and O–H groups in total. The predicted octanol–water partition coefficient (Wildman–Crippen LogP) is 3.49. The lowest BCUT2D eigenvalue weighted by atomic mass is 10.0. The molecule has 0 aliphatic carbocycles. The van der Waals surface area contributed by atoms with Gasteiger partial charge in [-0.05, 0) is 12.1 Å². The van der Waals surface area contributed by atoms with Crippen molar-refractivity contribution in [2.75, 3.05) is 0 Å². The van der Waals surface area contributed by atoms with Crippen LogP contribution in [0.25, 0.3) is 0 Å². The smallest absolute Gasteiger partial charge is 0.437 e. The summed E-state index contributed by atoms with van der Waals surface area (Å²) in [5, 5.41) is 8.75. The van der Waals surface area contributed by atoms with Gasteiger partial charge < -0.3 is 9.84 Å². The van der Waals surface area contributed by atoms with Crippen molar-refractivity contribution in [3.05, 3.63) is 34.1 Å². The van der Waals surface area contributed by atoms with E-state index in [-0.39, 0.29) is 10.0 Å². The topological polar surface area (TPSA) is 46.5 Å². The third kappa shape index (κ3) is 3.51. The van der Waals surface area contributed by atoms with Gasteiger partial charge >= 0.3 is 23.9 Å². The summed E-state index contributed by atoms with van der Waals surface area (Å²) >= 11 is 2.79. The Labute approximate surface area is 126 Å². The van der Waals surface area contributed by atoms with Crippen LogP contribution in [0.5, 0.6) is 0 Å². The molecule has 1 aromatic carbocycles. The van der Waals surface area contributed by atoms with Gasteiger partial charge in [-0.1, -0.05) is 22.0 Å². The SMILES string of the molecule is O=C(OCc1ccc(F)cc1Br)C(O)(C(F)(F)F)C(F)(F)F. The van der Waals surface area contributed by atoms with E-state index in [0.29, 0.717) is 0 Å². The van der Waals surface area contributed by atoms with Crippen molar-refractivity contribution in [3.63, 3.8) is 0 Å². The summed E-state index contributed by atoms with van der Waals surface area (Å²) in [6.45, 7) is -1.03. The van der Waals surface area contributed by atoms with E-state index in [1.165, 1.54) is 0 Å². The summed E-state index contributed by atoms with van der Waals surface area (Å²) in [4.78, 5) is 11.1. The molecule has 1 rings (SSSR count). The standard InChI is InChI=1S/C11H6BrF7O3/c12-7-3-6(13)2-1-5(7)4-22-8(20)9(21,10(14,15)16)11(17,18)19/h1-3,21H,4H2. The molecular weight excluding hydrogens is 393 g/mol. The number of hydrogen-bond donors (Lipinski definition) is 1. The number of carbonyl (C=O) groups is 1. The van der Waals surface area contributed by atoms with Crippen LogP contribution < -0.4 is 0 Å². The number of benzene rings is 1. The normalized spacial score (nSPS) is 13.1. The summed E-state index contributed by atoms with van der Waals surface area (Å²) in [7, 11) is 0. The van der Waals surface area contributed by atoms with Crippen molar-refractivity contribution in [1.82, 2.24) is 0 Å². The van der Waals surface area contributed by atoms with E-state index < -0.39 is 36.3 Å². The molecule has 0 radical (unpaired) electrons. The number of ether oxygens (including phenoxy) is 1. The van der Waals surface area contributed by atoms with Crippen LogP contribution in [-0.4, -0.2) is 29.0 Å². The molecule has 0 atom stereocenters. The lowest BCUT2D eigenvalue weighted by Crippen LogP contribution is -2.62. The molecule has 11 heteroatoms. The Bertz CT molecular complexity index is 554. The summed E-state index contributed by atoms with van der Waals surface area (Å²) in [5.41, 5.74) is -5.74. The van der Waals surface area contributed by atoms with E-state index in [0.717, 1.165) is 18.2 Å². The molecular formula is C11H6BrF7O3. The fourth-order valence-corrected chi connectivity index (χ4v) is 1.74. The van der Waals surface area contributed by atoms with Gasteiger partial charge in [-0.25, -0.2) is 9.18 Å². The third-order valence-electron chi connectivity index (χ3n) is 2.49. The number of alkyl halides is 6. The maximum Gasteiger partial charge on any atom is 0.437 e. The number of esters is 1. The average molecular weight is 399 g/mol. The van der Waals surface area contributed by atoms with Gasteiger partial charge in [-0.3, -0.25) is 0 Å². The molecule has 1 aromatic rings. The maximum absolute atomic E-state index is 12.8. The summed E-state index contributed by atoms with van der Waals surface area (Å²) in [5.74, 6) is -3.66. The molecule has 0 saturated heterocycles. The molecule has 0 heterocycles. The van der Waals surface area contributed by atoms with Crippen LogP contribution >= 0.6 is 15.9 Å². The second-order valence-electron chi connectivity index (χ2n) is 4.02. The van der Waals surface area contributed by atoms with Crippen LogP contribution in [0.4, 0.5) is 30.7 Å². The average Bonchev–Trinajstić information content (AvgIpc) is 2.33. The van der Waals surface area contributed by atoms with E-state index in [2.05, 4.69) is 20.7 Å². The quantitative estimate of drug-likeness (QED) is 0.626. The first-order chi connectivity index (χ1) is 9.80. The minimum absolute atomic E-state index is 0.0390. The van der Waals surface area contributed by atoms with Crippen molar-refractivity contribution in [1.29, 1.82) is 0 Å². The van der Waals surface area contributed by atoms with E-state index >= 15 is 0 Å². The van der Waals surface area contributed by atoms with Crippen LogP contribution in [-0.2, 0) is 16.1 Å². The van der Waals surface area contributed by atoms with Crippen LogP contribution in [0.2, 0.25) is 0 Å². The minimum atomic E-state index is -6.32. The number of hydrogen-bond acceptors (Lipinski definition) is 3. The fraction of sp³-hybridized carbons (Fsp3) is 0.364. The Kier molecular flexibility index (Phi) is 5.12. The second kappa shape index (κ2) is 6.03. The first-order valence-electron chi connectivity index (χ1n) is 5.27. The van der Waals surface area contributed by atoms with Crippen molar-refractivity contribution >= 4 is 21.9 Å². The molecule has 3 nitrogen and oxygen atoms in total. The van der Waals surface area contributed by atoms with E-state index in [1.807, 2.05) is 0 Å². The van der Waals surface area contributed by atoms with Gasteiger partial charge in [0.25, 0.3) is 0 Å². The molecule has 0 unspecified atom stereocenters. The Morgan fingerprint density at radius 1 is 1.14 bits per heavy atom. The van der Waals surface area contributed by atoms with Crippen molar-refractivity contribution in [2.24, 2.45) is 0 Å². The van der Waals surface area contributed by atoms with Gasteiger partial charge in [-0.2, -0.15) is 26.3 Å². The van der Waals surface area contributed by atoms with E-state index in [9.17, 15) is 35.5 Å². The molecule has 0 aliphatic rings. The Balaban J connectivity index is 2.99. The number of rotatable bonds is 3. The zero-order valence-corrected chi connectivity index (χ0v) is 11.8. The minimum Gasteiger partial charge on any atom is -0.458 e. The van der Waals surface area contributed by atoms with Gasteiger partial charge in [0.1, 0.15) is 12.4 Å². The summed E-state index contributed by atoms with van der Waals surface area (Å²) in [6.07, 6.45) is -12.6. The molecule has 22 heavy (non-hydrogen) atoms. The summed E-state index contributed by atoms with van der Waals surface area (Å²) < 4.78 is 90.9. The molecule has 0 saturated carbocycles. The zero-order chi connectivity index (χ0) is 17.3. The van der Waals surface area contributed by atoms with Crippen molar-refractivity contribution in [2.45, 2.75) is 24.6 Å². The molecule has 124 valence electrons. The largest absolute Gasteiger partial charge is 0.458 e. The third-order valence-corrected chi connectivity index (χ3v) is 3.23. The Morgan fingerprint density at radius 2 is 1.64 bits per heavy atom. The highest BCUT2D eigenvalue weighted by Crippen LogP contribution is 2.44. The molecule has 0 fully saturated rings. The van der Waals surface area contributed by atoms with E-state index in [4.69, 9.17) is 5.11 Å². The van der Waals surface area contributed by atoms with Crippen molar-refractivity contribution in [3.8, 4) is 0 Å². The lowest BCUT2D eigenvalue weighted by molar-refractivity contribution is -0.357. The molecule has 0 amide bonds. The first-order valence-corrected chi connectivity index (χ1v) is 6.07. The highest BCUT2D eigenvalue weighted by molar-refractivity contribution is 9.10. The van der Waals surface area contributed by atoms with Gasteiger partial charge in [0.2, 0.25) is 0 Å². The fourth-order valence-electron chi connectivity index (χ4n) is 1.28. The van der Waals surface area contributed by atoms with Crippen LogP contribution in [0, 0.1) is 5.82 Å². The van der Waals surface area contributed by atoms with Gasteiger partial charge in [0.05, 0.1) is 0 Å². The Hall–Kier alpha value is -1.36. The summed E-state index contributed by atoms with van der Waals surface area (Å²) in [6, 6.07) is 2.70. The lowest BCUT2D eigenvalue weighted by Gasteiger charge is -2.29. The van der Waals surface area contributed by atoms with Gasteiger partial charge in [-0.15, -0.1) is 0 Å². The van der Waals surface area contributed by atoms with Crippen LogP contribution in [0.3, 0.4) is 0 Å². The van der Waals surface area contributed by atoms with Crippen molar-refractivity contribution < 1.29 is 45.4 Å². The van der Waals surface area contributed by atoms with Crippen LogP contribution in [0.1, 0.15) is 5.56 Å². The molecule has 0 spiro atoms. The molecule has 0 aliphatic heterocycles. The Morgan fingerprint density at radius 3 is 2.05 bits per heavy atom. The number of aliphatic hydroxyl groups is 1. The maximum atomic E-state index is 12.8. The van der Waals surface area contributed by atoms with Gasteiger partial charge in [0, 0.05) is 10.0 Å². The first kappa shape index (κ1) is 18.7. The number of halogens is 8. The monoisotopic (exact) mass is 398 g/mol. The second-order valence-corrected chi connectivity index (χ2v) is 4.87. The highest BCUT2D eigenvalue weighted by Gasteiger charge is 2.76. The number of carbonyl (C=O) groups excluding carboxylic acids is 1. The van der Waals surface area contributed by atoms with E-state index in [1.54, 1.807) is 0 Å². The molecule has 0 bridgehead atoms. The zero-order valence-electron chi connectivity index (χ0n) is 10.2.